The van der Waals surface area contributed by atoms with E-state index in [-0.39, 0.29) is 12.6 Å². The minimum Gasteiger partial charge on any atom is -0.481 e. The van der Waals surface area contributed by atoms with Gasteiger partial charge in [0.2, 0.25) is 0 Å². The van der Waals surface area contributed by atoms with Crippen LogP contribution in [-0.4, -0.2) is 35.4 Å². The lowest BCUT2D eigenvalue weighted by Crippen LogP contribution is -2.21. The molecule has 0 heterocycles. The molecule has 5 nitrogen and oxygen atoms in total. The van der Waals surface area contributed by atoms with Crippen molar-refractivity contribution in [2.24, 2.45) is 11.5 Å². The number of unbranched alkanes of at least 4 members (excludes halogenated alkanes) is 2. The molecule has 5 heteroatoms. The van der Waals surface area contributed by atoms with Crippen molar-refractivity contribution in [3.05, 3.63) is 0 Å². The predicted molar refractivity (Wildman–Crippen MR) is 74.4 cm³/mol. The molecule has 0 aromatic rings. The molecule has 0 aromatic heterocycles. The summed E-state index contributed by atoms with van der Waals surface area (Å²) in [7, 11) is 0. The van der Waals surface area contributed by atoms with Gasteiger partial charge in [0.15, 0.2) is 0 Å². The van der Waals surface area contributed by atoms with E-state index in [1.54, 1.807) is 0 Å². The maximum Gasteiger partial charge on any atom is 0.303 e. The number of carboxylic acid groups (broad SMARTS) is 1. The Hall–Kier alpha value is -0.650. The summed E-state index contributed by atoms with van der Waals surface area (Å²) in [5.74, 6) is -0.682. The fourth-order valence-corrected chi connectivity index (χ4v) is 1.40. The van der Waals surface area contributed by atoms with E-state index in [9.17, 15) is 4.79 Å². The summed E-state index contributed by atoms with van der Waals surface area (Å²) in [4.78, 5) is 9.87. The Morgan fingerprint density at radius 1 is 1.17 bits per heavy atom. The Balaban J connectivity index is 0. The molecule has 0 radical (unpaired) electrons. The monoisotopic (exact) mass is 262 g/mol. The third-order valence-electron chi connectivity index (χ3n) is 2.51. The van der Waals surface area contributed by atoms with Gasteiger partial charge < -0.3 is 21.7 Å². The molecule has 0 saturated heterocycles. The van der Waals surface area contributed by atoms with E-state index in [1.807, 2.05) is 0 Å². The molecule has 0 aliphatic heterocycles. The summed E-state index contributed by atoms with van der Waals surface area (Å²) in [5.41, 5.74) is 11.0. The Morgan fingerprint density at radius 3 is 2.22 bits per heavy atom. The highest BCUT2D eigenvalue weighted by molar-refractivity contribution is 5.66. The number of carbonyl (C=O) groups is 1. The zero-order chi connectivity index (χ0) is 14.2. The molecule has 1 atom stereocenters. The number of aliphatic hydroxyl groups excluding tert-OH is 1. The lowest BCUT2D eigenvalue weighted by molar-refractivity contribution is -0.137. The maximum atomic E-state index is 9.87. The van der Waals surface area contributed by atoms with Crippen LogP contribution < -0.4 is 11.5 Å². The predicted octanol–water partition coefficient (Wildman–Crippen LogP) is 1.48. The minimum absolute atomic E-state index is 0.232. The van der Waals surface area contributed by atoms with Crippen molar-refractivity contribution < 1.29 is 15.0 Å². The van der Waals surface area contributed by atoms with Crippen molar-refractivity contribution in [3.63, 3.8) is 0 Å². The Labute approximate surface area is 111 Å². The first kappa shape index (κ1) is 19.7. The number of aliphatic carboxylic acids is 1. The SMILES string of the molecule is CCCCCC(=O)O.NCCCC(N)CCCO. The molecular weight excluding hydrogens is 232 g/mol. The summed E-state index contributed by atoms with van der Waals surface area (Å²) >= 11 is 0. The molecule has 0 aliphatic carbocycles. The van der Waals surface area contributed by atoms with E-state index < -0.39 is 5.97 Å². The second-order valence-electron chi connectivity index (χ2n) is 4.41. The summed E-state index contributed by atoms with van der Waals surface area (Å²) in [6.07, 6.45) is 6.98. The van der Waals surface area contributed by atoms with Gasteiger partial charge in [-0.15, -0.1) is 0 Å². The van der Waals surface area contributed by atoms with Gasteiger partial charge in [-0.1, -0.05) is 19.8 Å². The Kier molecular flexibility index (Phi) is 17.9. The van der Waals surface area contributed by atoms with Crippen LogP contribution in [0.5, 0.6) is 0 Å². The minimum atomic E-state index is -0.682. The highest BCUT2D eigenvalue weighted by Gasteiger charge is 1.99. The molecule has 0 rings (SSSR count). The van der Waals surface area contributed by atoms with Crippen LogP contribution >= 0.6 is 0 Å². The van der Waals surface area contributed by atoms with Gasteiger partial charge in [-0.05, 0) is 38.6 Å². The Bertz CT molecular complexity index is 170. The van der Waals surface area contributed by atoms with E-state index in [0.29, 0.717) is 13.0 Å². The number of aliphatic hydroxyl groups is 1. The van der Waals surface area contributed by atoms with Crippen molar-refractivity contribution in [2.75, 3.05) is 13.2 Å². The molecule has 0 saturated carbocycles. The van der Waals surface area contributed by atoms with Crippen molar-refractivity contribution in [1.29, 1.82) is 0 Å². The normalized spacial score (nSPS) is 11.6. The quantitative estimate of drug-likeness (QED) is 0.446. The molecule has 18 heavy (non-hydrogen) atoms. The number of rotatable bonds is 10. The van der Waals surface area contributed by atoms with E-state index in [1.165, 1.54) is 0 Å². The average molecular weight is 262 g/mol. The molecule has 6 N–H and O–H groups in total. The van der Waals surface area contributed by atoms with Crippen molar-refractivity contribution in [2.45, 2.75) is 64.3 Å². The zero-order valence-electron chi connectivity index (χ0n) is 11.6. The molecule has 0 aliphatic rings. The van der Waals surface area contributed by atoms with Crippen LogP contribution in [0.15, 0.2) is 0 Å². The van der Waals surface area contributed by atoms with Crippen LogP contribution in [0.4, 0.5) is 0 Å². The van der Waals surface area contributed by atoms with Gasteiger partial charge in [-0.2, -0.15) is 0 Å². The smallest absolute Gasteiger partial charge is 0.303 e. The van der Waals surface area contributed by atoms with Crippen LogP contribution in [0.1, 0.15) is 58.3 Å². The fourth-order valence-electron chi connectivity index (χ4n) is 1.40. The molecule has 0 amide bonds. The van der Waals surface area contributed by atoms with Gasteiger partial charge in [0.25, 0.3) is 0 Å². The number of nitrogens with two attached hydrogens (primary N) is 2. The van der Waals surface area contributed by atoms with Crippen LogP contribution in [0.25, 0.3) is 0 Å². The fraction of sp³-hybridized carbons (Fsp3) is 0.923. The van der Waals surface area contributed by atoms with Crippen LogP contribution in [-0.2, 0) is 4.79 Å². The molecule has 110 valence electrons. The van der Waals surface area contributed by atoms with E-state index in [2.05, 4.69) is 6.92 Å². The standard InChI is InChI=1S/C7H18N2O.C6H12O2/c8-5-1-3-7(9)4-2-6-10;1-2-3-4-5-6(7)8/h7,10H,1-6,8-9H2;2-5H2,1H3,(H,7,8). The highest BCUT2D eigenvalue weighted by Crippen LogP contribution is 2.00. The average Bonchev–Trinajstić information content (AvgIpc) is 2.34. The maximum absolute atomic E-state index is 9.87. The first-order chi connectivity index (χ1) is 8.58. The summed E-state index contributed by atoms with van der Waals surface area (Å²) < 4.78 is 0. The van der Waals surface area contributed by atoms with Crippen LogP contribution in [0, 0.1) is 0 Å². The third-order valence-corrected chi connectivity index (χ3v) is 2.51. The second kappa shape index (κ2) is 16.4. The number of hydrogen-bond acceptors (Lipinski definition) is 4. The van der Waals surface area contributed by atoms with Gasteiger partial charge in [0.05, 0.1) is 0 Å². The lowest BCUT2D eigenvalue weighted by atomic mass is 10.1. The van der Waals surface area contributed by atoms with E-state index in [0.717, 1.165) is 44.9 Å². The van der Waals surface area contributed by atoms with Gasteiger partial charge in [-0.3, -0.25) is 4.79 Å². The first-order valence-electron chi connectivity index (χ1n) is 6.86. The molecular formula is C13H30N2O3. The van der Waals surface area contributed by atoms with Crippen LogP contribution in [0.2, 0.25) is 0 Å². The number of hydrogen-bond donors (Lipinski definition) is 4. The van der Waals surface area contributed by atoms with E-state index >= 15 is 0 Å². The zero-order valence-corrected chi connectivity index (χ0v) is 11.6. The van der Waals surface area contributed by atoms with Gasteiger partial charge >= 0.3 is 5.97 Å². The van der Waals surface area contributed by atoms with Crippen LogP contribution in [0.3, 0.4) is 0 Å². The molecule has 0 fully saturated rings. The van der Waals surface area contributed by atoms with E-state index in [4.69, 9.17) is 21.7 Å². The van der Waals surface area contributed by atoms with Gasteiger partial charge in [0, 0.05) is 19.1 Å². The summed E-state index contributed by atoms with van der Waals surface area (Å²) in [6, 6.07) is 0.232. The van der Waals surface area contributed by atoms with Crippen molar-refractivity contribution >= 4 is 5.97 Å². The number of carboxylic acids is 1. The molecule has 0 spiro atoms. The summed E-state index contributed by atoms with van der Waals surface area (Å²) in [5, 5.41) is 16.6. The molecule has 1 unspecified atom stereocenters. The van der Waals surface area contributed by atoms with Crippen molar-refractivity contribution in [3.8, 4) is 0 Å². The molecule has 0 aromatic carbocycles. The summed E-state index contributed by atoms with van der Waals surface area (Å²) in [6.45, 7) is 3.02. The largest absolute Gasteiger partial charge is 0.481 e. The van der Waals surface area contributed by atoms with Gasteiger partial charge in [0.1, 0.15) is 0 Å². The third kappa shape index (κ3) is 20.7. The topological polar surface area (TPSA) is 110 Å². The lowest BCUT2D eigenvalue weighted by Gasteiger charge is -2.08. The first-order valence-corrected chi connectivity index (χ1v) is 6.86. The second-order valence-corrected chi connectivity index (χ2v) is 4.41. The molecule has 0 bridgehead atoms. The highest BCUT2D eigenvalue weighted by atomic mass is 16.4. The Morgan fingerprint density at radius 2 is 1.78 bits per heavy atom. The van der Waals surface area contributed by atoms with Crippen molar-refractivity contribution in [1.82, 2.24) is 0 Å². The van der Waals surface area contributed by atoms with Gasteiger partial charge in [-0.25, -0.2) is 0 Å².